The highest BCUT2D eigenvalue weighted by molar-refractivity contribution is 5.44. The van der Waals surface area contributed by atoms with Crippen molar-refractivity contribution in [3.8, 4) is 5.75 Å². The molecule has 0 aliphatic carbocycles. The third-order valence-corrected chi connectivity index (χ3v) is 3.50. The standard InChI is InChI=1S/C15H26N2O/c1-10-11(2)14(18-5)7-6-12(10)13(16)8-9-15(3,4)17/h6-7,13H,8-9,16-17H2,1-5H3. The molecule has 1 aromatic rings. The average molecular weight is 250 g/mol. The summed E-state index contributed by atoms with van der Waals surface area (Å²) in [5.41, 5.74) is 15.7. The van der Waals surface area contributed by atoms with E-state index in [1.165, 1.54) is 11.1 Å². The van der Waals surface area contributed by atoms with E-state index in [1.54, 1.807) is 7.11 Å². The van der Waals surface area contributed by atoms with Crippen molar-refractivity contribution in [3.63, 3.8) is 0 Å². The molecule has 0 saturated carbocycles. The molecule has 0 aromatic heterocycles. The molecule has 3 nitrogen and oxygen atoms in total. The molecular formula is C15H26N2O. The number of benzene rings is 1. The third kappa shape index (κ3) is 3.72. The van der Waals surface area contributed by atoms with Gasteiger partial charge in [-0.3, -0.25) is 0 Å². The Labute approximate surface area is 111 Å². The maximum atomic E-state index is 6.27. The molecule has 1 atom stereocenters. The van der Waals surface area contributed by atoms with E-state index in [-0.39, 0.29) is 11.6 Å². The van der Waals surface area contributed by atoms with Gasteiger partial charge < -0.3 is 16.2 Å². The first-order chi connectivity index (χ1) is 8.26. The summed E-state index contributed by atoms with van der Waals surface area (Å²) in [6.07, 6.45) is 1.81. The quantitative estimate of drug-likeness (QED) is 0.844. The van der Waals surface area contributed by atoms with Gasteiger partial charge in [0.05, 0.1) is 7.11 Å². The summed E-state index contributed by atoms with van der Waals surface area (Å²) in [6.45, 7) is 8.23. The fourth-order valence-electron chi connectivity index (χ4n) is 2.12. The van der Waals surface area contributed by atoms with Gasteiger partial charge in [-0.2, -0.15) is 0 Å². The fraction of sp³-hybridized carbons (Fsp3) is 0.600. The zero-order chi connectivity index (χ0) is 13.9. The normalized spacial score (nSPS) is 13.5. The first kappa shape index (κ1) is 15.0. The summed E-state index contributed by atoms with van der Waals surface area (Å²) < 4.78 is 5.31. The predicted molar refractivity (Wildman–Crippen MR) is 76.9 cm³/mol. The van der Waals surface area contributed by atoms with Gasteiger partial charge in [0.1, 0.15) is 5.75 Å². The molecule has 0 amide bonds. The van der Waals surface area contributed by atoms with Crippen LogP contribution >= 0.6 is 0 Å². The second-order valence-corrected chi connectivity index (χ2v) is 5.74. The van der Waals surface area contributed by atoms with Gasteiger partial charge in [0.2, 0.25) is 0 Å². The van der Waals surface area contributed by atoms with E-state index >= 15 is 0 Å². The molecule has 0 fully saturated rings. The van der Waals surface area contributed by atoms with Crippen LogP contribution in [0.3, 0.4) is 0 Å². The first-order valence-electron chi connectivity index (χ1n) is 6.45. The van der Waals surface area contributed by atoms with Crippen molar-refractivity contribution in [2.24, 2.45) is 11.5 Å². The van der Waals surface area contributed by atoms with Crippen molar-refractivity contribution in [3.05, 3.63) is 28.8 Å². The van der Waals surface area contributed by atoms with E-state index in [0.717, 1.165) is 24.2 Å². The molecule has 4 N–H and O–H groups in total. The summed E-state index contributed by atoms with van der Waals surface area (Å²) in [6, 6.07) is 4.10. The number of methoxy groups -OCH3 is 1. The van der Waals surface area contributed by atoms with Crippen molar-refractivity contribution in [2.75, 3.05) is 7.11 Å². The first-order valence-corrected chi connectivity index (χ1v) is 6.45. The lowest BCUT2D eigenvalue weighted by Crippen LogP contribution is -2.32. The van der Waals surface area contributed by atoms with Gasteiger partial charge in [-0.1, -0.05) is 6.07 Å². The molecule has 0 heterocycles. The number of nitrogens with two attached hydrogens (primary N) is 2. The molecule has 0 spiro atoms. The van der Waals surface area contributed by atoms with Crippen LogP contribution in [0.5, 0.6) is 5.75 Å². The molecular weight excluding hydrogens is 224 g/mol. The molecule has 1 rings (SSSR count). The second-order valence-electron chi connectivity index (χ2n) is 5.74. The summed E-state index contributed by atoms with van der Waals surface area (Å²) in [5.74, 6) is 0.919. The van der Waals surface area contributed by atoms with E-state index in [4.69, 9.17) is 16.2 Å². The predicted octanol–water partition coefficient (Wildman–Crippen LogP) is 2.83. The molecule has 18 heavy (non-hydrogen) atoms. The Hall–Kier alpha value is -1.06. The highest BCUT2D eigenvalue weighted by Crippen LogP contribution is 2.29. The summed E-state index contributed by atoms with van der Waals surface area (Å²) in [7, 11) is 1.69. The zero-order valence-electron chi connectivity index (χ0n) is 12.2. The van der Waals surface area contributed by atoms with Crippen LogP contribution in [0.2, 0.25) is 0 Å². The van der Waals surface area contributed by atoms with Gasteiger partial charge in [0.15, 0.2) is 0 Å². The summed E-state index contributed by atoms with van der Waals surface area (Å²) >= 11 is 0. The SMILES string of the molecule is COc1ccc(C(N)CCC(C)(C)N)c(C)c1C. The Bertz CT molecular complexity index is 408. The van der Waals surface area contributed by atoms with Crippen LogP contribution in [-0.4, -0.2) is 12.6 Å². The van der Waals surface area contributed by atoms with Crippen LogP contribution < -0.4 is 16.2 Å². The Kier molecular flexibility index (Phi) is 4.77. The van der Waals surface area contributed by atoms with Gasteiger partial charge in [0.25, 0.3) is 0 Å². The molecule has 0 aliphatic rings. The Morgan fingerprint density at radius 1 is 1.22 bits per heavy atom. The lowest BCUT2D eigenvalue weighted by atomic mass is 9.90. The van der Waals surface area contributed by atoms with Crippen LogP contribution in [0.25, 0.3) is 0 Å². The van der Waals surface area contributed by atoms with Crippen LogP contribution in [0.4, 0.5) is 0 Å². The maximum Gasteiger partial charge on any atom is 0.122 e. The van der Waals surface area contributed by atoms with Crippen LogP contribution in [0.1, 0.15) is 49.4 Å². The third-order valence-electron chi connectivity index (χ3n) is 3.50. The minimum atomic E-state index is -0.160. The maximum absolute atomic E-state index is 6.27. The molecule has 1 aromatic carbocycles. The van der Waals surface area contributed by atoms with Gasteiger partial charge in [-0.05, 0) is 63.3 Å². The molecule has 1 unspecified atom stereocenters. The van der Waals surface area contributed by atoms with E-state index in [2.05, 4.69) is 19.9 Å². The highest BCUT2D eigenvalue weighted by atomic mass is 16.5. The largest absolute Gasteiger partial charge is 0.496 e. The molecule has 0 saturated heterocycles. The minimum Gasteiger partial charge on any atom is -0.496 e. The van der Waals surface area contributed by atoms with Gasteiger partial charge in [-0.25, -0.2) is 0 Å². The second kappa shape index (κ2) is 5.72. The van der Waals surface area contributed by atoms with Gasteiger partial charge >= 0.3 is 0 Å². The van der Waals surface area contributed by atoms with Gasteiger partial charge in [0, 0.05) is 11.6 Å². The minimum absolute atomic E-state index is 0.0393. The topological polar surface area (TPSA) is 61.3 Å². The summed E-state index contributed by atoms with van der Waals surface area (Å²) in [5, 5.41) is 0. The van der Waals surface area contributed by atoms with E-state index in [0.29, 0.717) is 0 Å². The molecule has 0 bridgehead atoms. The molecule has 0 aliphatic heterocycles. The Morgan fingerprint density at radius 3 is 2.33 bits per heavy atom. The molecule has 102 valence electrons. The fourth-order valence-corrected chi connectivity index (χ4v) is 2.12. The van der Waals surface area contributed by atoms with E-state index in [1.807, 2.05) is 19.9 Å². The van der Waals surface area contributed by atoms with Crippen molar-refractivity contribution in [2.45, 2.75) is 52.1 Å². The lowest BCUT2D eigenvalue weighted by molar-refractivity contribution is 0.410. The number of rotatable bonds is 5. The average Bonchev–Trinajstić information content (AvgIpc) is 2.28. The van der Waals surface area contributed by atoms with Crippen molar-refractivity contribution in [1.29, 1.82) is 0 Å². The van der Waals surface area contributed by atoms with Crippen molar-refractivity contribution >= 4 is 0 Å². The number of hydrogen-bond acceptors (Lipinski definition) is 3. The molecule has 3 heteroatoms. The number of hydrogen-bond donors (Lipinski definition) is 2. The summed E-state index contributed by atoms with van der Waals surface area (Å²) in [4.78, 5) is 0. The Balaban J connectivity index is 2.87. The van der Waals surface area contributed by atoms with Crippen LogP contribution in [0.15, 0.2) is 12.1 Å². The van der Waals surface area contributed by atoms with Gasteiger partial charge in [-0.15, -0.1) is 0 Å². The highest BCUT2D eigenvalue weighted by Gasteiger charge is 2.17. The van der Waals surface area contributed by atoms with Crippen LogP contribution in [-0.2, 0) is 0 Å². The zero-order valence-corrected chi connectivity index (χ0v) is 12.2. The van der Waals surface area contributed by atoms with E-state index < -0.39 is 0 Å². The van der Waals surface area contributed by atoms with Crippen molar-refractivity contribution in [1.82, 2.24) is 0 Å². The molecule has 0 radical (unpaired) electrons. The Morgan fingerprint density at radius 2 is 1.83 bits per heavy atom. The lowest BCUT2D eigenvalue weighted by Gasteiger charge is -2.23. The smallest absolute Gasteiger partial charge is 0.122 e. The van der Waals surface area contributed by atoms with Crippen molar-refractivity contribution < 1.29 is 4.74 Å². The monoisotopic (exact) mass is 250 g/mol. The van der Waals surface area contributed by atoms with E-state index in [9.17, 15) is 0 Å². The number of ether oxygens (including phenoxy) is 1. The van der Waals surface area contributed by atoms with Crippen LogP contribution in [0, 0.1) is 13.8 Å².